The quantitative estimate of drug-likeness (QED) is 0.301. The molecule has 0 aromatic heterocycles. The van der Waals surface area contributed by atoms with E-state index in [1.165, 1.54) is 12.8 Å². The highest BCUT2D eigenvalue weighted by atomic mass is 127. The summed E-state index contributed by atoms with van der Waals surface area (Å²) in [6, 6.07) is 0.516. The van der Waals surface area contributed by atoms with Crippen molar-refractivity contribution < 1.29 is 4.79 Å². The van der Waals surface area contributed by atoms with Crippen molar-refractivity contribution in [2.24, 2.45) is 10.9 Å². The highest BCUT2D eigenvalue weighted by Gasteiger charge is 2.32. The molecule has 0 spiro atoms. The van der Waals surface area contributed by atoms with Crippen LogP contribution in [-0.4, -0.2) is 74.5 Å². The molecule has 1 saturated carbocycles. The van der Waals surface area contributed by atoms with Crippen molar-refractivity contribution in [2.75, 3.05) is 46.8 Å². The van der Waals surface area contributed by atoms with Gasteiger partial charge in [-0.15, -0.1) is 24.0 Å². The molecule has 0 radical (unpaired) electrons. The standard InChI is InChI=1S/C17H35N5O.HI/c1-6-18-17(19-12-11-16(23)22(7-2)8-3)20-13-15(21(4)5)14-9-10-14;/h14-15H,6-13H2,1-5H3,(H2,18,19,20);1H. The Bertz CT molecular complexity index is 379. The van der Waals surface area contributed by atoms with E-state index in [9.17, 15) is 4.79 Å². The van der Waals surface area contributed by atoms with Gasteiger partial charge in [-0.2, -0.15) is 0 Å². The lowest BCUT2D eigenvalue weighted by atomic mass is 10.2. The van der Waals surface area contributed by atoms with Gasteiger partial charge in [-0.05, 0) is 53.6 Å². The number of hydrogen-bond acceptors (Lipinski definition) is 3. The van der Waals surface area contributed by atoms with Crippen LogP contribution in [0.25, 0.3) is 0 Å². The molecule has 0 aromatic carbocycles. The number of nitrogens with zero attached hydrogens (tertiary/aromatic N) is 3. The number of halogens is 1. The van der Waals surface area contributed by atoms with E-state index in [2.05, 4.69) is 36.6 Å². The average Bonchev–Trinajstić information content (AvgIpc) is 3.33. The number of amides is 1. The zero-order chi connectivity index (χ0) is 17.2. The first-order valence-electron chi connectivity index (χ1n) is 8.99. The second-order valence-electron chi connectivity index (χ2n) is 6.33. The summed E-state index contributed by atoms with van der Waals surface area (Å²) < 4.78 is 0. The molecule has 2 N–H and O–H groups in total. The van der Waals surface area contributed by atoms with E-state index in [1.807, 2.05) is 18.7 Å². The van der Waals surface area contributed by atoms with Gasteiger partial charge in [0.2, 0.25) is 5.91 Å². The maximum atomic E-state index is 12.0. The van der Waals surface area contributed by atoms with Crippen molar-refractivity contribution in [2.45, 2.75) is 46.1 Å². The highest BCUT2D eigenvalue weighted by molar-refractivity contribution is 14.0. The number of rotatable bonds is 10. The van der Waals surface area contributed by atoms with Gasteiger partial charge in [-0.3, -0.25) is 9.79 Å². The van der Waals surface area contributed by atoms with Gasteiger partial charge < -0.3 is 20.4 Å². The van der Waals surface area contributed by atoms with Gasteiger partial charge in [0.1, 0.15) is 0 Å². The fourth-order valence-electron chi connectivity index (χ4n) is 2.76. The van der Waals surface area contributed by atoms with Crippen LogP contribution in [0.2, 0.25) is 0 Å². The molecule has 142 valence electrons. The molecule has 1 aliphatic carbocycles. The second-order valence-corrected chi connectivity index (χ2v) is 6.33. The van der Waals surface area contributed by atoms with Crippen LogP contribution in [-0.2, 0) is 4.79 Å². The largest absolute Gasteiger partial charge is 0.357 e. The molecule has 0 bridgehead atoms. The second kappa shape index (κ2) is 12.7. The fraction of sp³-hybridized carbons (Fsp3) is 0.882. The van der Waals surface area contributed by atoms with Crippen LogP contribution in [0.1, 0.15) is 40.0 Å². The van der Waals surface area contributed by atoms with E-state index in [0.717, 1.165) is 38.1 Å². The molecule has 0 aliphatic heterocycles. The van der Waals surface area contributed by atoms with Gasteiger partial charge in [0.25, 0.3) is 0 Å². The van der Waals surface area contributed by atoms with Crippen LogP contribution in [0, 0.1) is 5.92 Å². The van der Waals surface area contributed by atoms with E-state index in [4.69, 9.17) is 4.99 Å². The summed E-state index contributed by atoms with van der Waals surface area (Å²) >= 11 is 0. The number of likely N-dealkylation sites (N-methyl/N-ethyl adjacent to an activating group) is 1. The summed E-state index contributed by atoms with van der Waals surface area (Å²) in [6.07, 6.45) is 3.15. The molecule has 1 atom stereocenters. The molecule has 1 rings (SSSR count). The van der Waals surface area contributed by atoms with E-state index in [-0.39, 0.29) is 29.9 Å². The summed E-state index contributed by atoms with van der Waals surface area (Å²) in [5, 5.41) is 6.54. The molecular formula is C17H36IN5O. The molecule has 1 fully saturated rings. The number of hydrogen-bond donors (Lipinski definition) is 2. The minimum atomic E-state index is 0. The lowest BCUT2D eigenvalue weighted by Gasteiger charge is -2.23. The van der Waals surface area contributed by atoms with E-state index in [1.54, 1.807) is 0 Å². The van der Waals surface area contributed by atoms with Crippen LogP contribution in [0.15, 0.2) is 4.99 Å². The third-order valence-corrected chi connectivity index (χ3v) is 4.36. The molecule has 6 nitrogen and oxygen atoms in total. The first-order chi connectivity index (χ1) is 11.0. The van der Waals surface area contributed by atoms with Crippen molar-refractivity contribution in [3.63, 3.8) is 0 Å². The van der Waals surface area contributed by atoms with Crippen molar-refractivity contribution >= 4 is 35.8 Å². The highest BCUT2D eigenvalue weighted by Crippen LogP contribution is 2.34. The topological polar surface area (TPSA) is 60.0 Å². The number of nitrogens with one attached hydrogen (secondary N) is 2. The summed E-state index contributed by atoms with van der Waals surface area (Å²) in [5.41, 5.74) is 0. The zero-order valence-corrected chi connectivity index (χ0v) is 18.3. The van der Waals surface area contributed by atoms with Gasteiger partial charge in [0.05, 0.1) is 6.54 Å². The van der Waals surface area contributed by atoms with Crippen molar-refractivity contribution in [1.29, 1.82) is 0 Å². The summed E-state index contributed by atoms with van der Waals surface area (Å²) in [4.78, 5) is 20.9. The maximum absolute atomic E-state index is 12.0. The first-order valence-corrected chi connectivity index (χ1v) is 8.99. The third-order valence-electron chi connectivity index (χ3n) is 4.36. The Morgan fingerprint density at radius 2 is 1.79 bits per heavy atom. The van der Waals surface area contributed by atoms with E-state index >= 15 is 0 Å². The van der Waals surface area contributed by atoms with Crippen LogP contribution in [0.4, 0.5) is 0 Å². The molecule has 0 saturated heterocycles. The molecule has 1 unspecified atom stereocenters. The molecule has 7 heteroatoms. The minimum absolute atomic E-state index is 0. The van der Waals surface area contributed by atoms with Crippen LogP contribution >= 0.6 is 24.0 Å². The average molecular weight is 453 g/mol. The van der Waals surface area contributed by atoms with Crippen molar-refractivity contribution in [3.8, 4) is 0 Å². The summed E-state index contributed by atoms with van der Waals surface area (Å²) in [6.45, 7) is 9.88. The first kappa shape index (κ1) is 23.4. The number of carbonyl (C=O) groups is 1. The van der Waals surface area contributed by atoms with E-state index in [0.29, 0.717) is 19.0 Å². The predicted octanol–water partition coefficient (Wildman–Crippen LogP) is 1.76. The lowest BCUT2D eigenvalue weighted by Crippen LogP contribution is -2.41. The molecule has 1 amide bonds. The number of guanidine groups is 1. The SMILES string of the molecule is CCNC(=NCC(C1CC1)N(C)C)NCCC(=O)N(CC)CC.I. The van der Waals surface area contributed by atoms with Gasteiger partial charge in [-0.25, -0.2) is 0 Å². The van der Waals surface area contributed by atoms with E-state index < -0.39 is 0 Å². The molecule has 0 heterocycles. The van der Waals surface area contributed by atoms with Gasteiger partial charge in [-0.1, -0.05) is 0 Å². The third kappa shape index (κ3) is 8.50. The summed E-state index contributed by atoms with van der Waals surface area (Å²) in [5.74, 6) is 1.80. The monoisotopic (exact) mass is 453 g/mol. The Morgan fingerprint density at radius 1 is 1.17 bits per heavy atom. The van der Waals surface area contributed by atoms with Gasteiger partial charge in [0.15, 0.2) is 5.96 Å². The molecule has 0 aromatic rings. The molecule has 24 heavy (non-hydrogen) atoms. The maximum Gasteiger partial charge on any atom is 0.224 e. The Hall–Kier alpha value is -0.570. The van der Waals surface area contributed by atoms with Crippen molar-refractivity contribution in [3.05, 3.63) is 0 Å². The van der Waals surface area contributed by atoms with Crippen LogP contribution in [0.5, 0.6) is 0 Å². The zero-order valence-electron chi connectivity index (χ0n) is 16.0. The normalized spacial score (nSPS) is 15.7. The Labute approximate surface area is 164 Å². The fourth-order valence-corrected chi connectivity index (χ4v) is 2.76. The van der Waals surface area contributed by atoms with Crippen molar-refractivity contribution in [1.82, 2.24) is 20.4 Å². The Balaban J connectivity index is 0.00000529. The number of carbonyl (C=O) groups excluding carboxylic acids is 1. The molecule has 1 aliphatic rings. The number of aliphatic imine (C=N–C) groups is 1. The van der Waals surface area contributed by atoms with Crippen LogP contribution in [0.3, 0.4) is 0 Å². The summed E-state index contributed by atoms with van der Waals surface area (Å²) in [7, 11) is 4.25. The van der Waals surface area contributed by atoms with Crippen LogP contribution < -0.4 is 10.6 Å². The predicted molar refractivity (Wildman–Crippen MR) is 112 cm³/mol. The van der Waals surface area contributed by atoms with Gasteiger partial charge >= 0.3 is 0 Å². The lowest BCUT2D eigenvalue weighted by molar-refractivity contribution is -0.130. The Kier molecular flexibility index (Phi) is 12.4. The minimum Gasteiger partial charge on any atom is -0.357 e. The smallest absolute Gasteiger partial charge is 0.224 e. The van der Waals surface area contributed by atoms with Gasteiger partial charge in [0, 0.05) is 38.6 Å². The molecular weight excluding hydrogens is 417 g/mol. The Morgan fingerprint density at radius 3 is 2.25 bits per heavy atom.